The molecule has 0 bridgehead atoms. The highest BCUT2D eigenvalue weighted by Gasteiger charge is 2.09. The third-order valence-corrected chi connectivity index (χ3v) is 3.49. The van der Waals surface area contributed by atoms with Crippen LogP contribution in [0.4, 0.5) is 5.82 Å². The van der Waals surface area contributed by atoms with Crippen LogP contribution in [0.3, 0.4) is 0 Å². The second kappa shape index (κ2) is 8.59. The van der Waals surface area contributed by atoms with Gasteiger partial charge in [-0.05, 0) is 19.1 Å². The summed E-state index contributed by atoms with van der Waals surface area (Å²) in [4.78, 5) is 8.58. The lowest BCUT2D eigenvalue weighted by atomic mass is 10.1. The summed E-state index contributed by atoms with van der Waals surface area (Å²) < 4.78 is 0. The number of hydrogen-bond donors (Lipinski definition) is 1. The van der Waals surface area contributed by atoms with E-state index in [2.05, 4.69) is 29.1 Å². The van der Waals surface area contributed by atoms with E-state index in [1.807, 2.05) is 6.26 Å². The third-order valence-electron chi connectivity index (χ3n) is 2.75. The van der Waals surface area contributed by atoms with Crippen molar-refractivity contribution in [3.8, 4) is 0 Å². The van der Waals surface area contributed by atoms with Gasteiger partial charge in [-0.3, -0.25) is 0 Å². The molecule has 0 fully saturated rings. The van der Waals surface area contributed by atoms with E-state index in [-0.39, 0.29) is 0 Å². The van der Waals surface area contributed by atoms with Crippen molar-refractivity contribution in [2.24, 2.45) is 0 Å². The van der Waals surface area contributed by atoms with Crippen LogP contribution in [0.2, 0.25) is 5.15 Å². The predicted octanol–water partition coefficient (Wildman–Crippen LogP) is 4.62. The molecule has 1 unspecified atom stereocenters. The molecule has 0 saturated heterocycles. The van der Waals surface area contributed by atoms with Crippen LogP contribution in [0.15, 0.2) is 11.2 Å². The Kier molecular flexibility index (Phi) is 7.44. The molecule has 1 aromatic heterocycles. The predicted molar refractivity (Wildman–Crippen MR) is 80.7 cm³/mol. The van der Waals surface area contributed by atoms with Gasteiger partial charge in [-0.1, -0.05) is 56.5 Å². The first-order chi connectivity index (χ1) is 8.69. The standard InChI is InChI=1S/C13H22ClN3S/c1-4-6-8-10(7-5-2)15-12-9-11(14)16-13(17-12)18-3/h9-10H,4-8H2,1-3H3,(H,15,16,17). The quantitative estimate of drug-likeness (QED) is 0.430. The van der Waals surface area contributed by atoms with Crippen LogP contribution in [0.1, 0.15) is 46.0 Å². The van der Waals surface area contributed by atoms with Crippen LogP contribution in [0, 0.1) is 0 Å². The van der Waals surface area contributed by atoms with E-state index in [0.29, 0.717) is 11.2 Å². The first kappa shape index (κ1) is 15.6. The molecule has 0 spiro atoms. The first-order valence-electron chi connectivity index (χ1n) is 6.54. The average Bonchev–Trinajstić information content (AvgIpc) is 2.35. The average molecular weight is 288 g/mol. The summed E-state index contributed by atoms with van der Waals surface area (Å²) in [5.74, 6) is 0.842. The molecule has 1 atom stereocenters. The Hall–Kier alpha value is -0.480. The molecule has 3 nitrogen and oxygen atoms in total. The highest BCUT2D eigenvalue weighted by Crippen LogP contribution is 2.19. The molecule has 102 valence electrons. The van der Waals surface area contributed by atoms with Gasteiger partial charge in [0, 0.05) is 12.1 Å². The topological polar surface area (TPSA) is 37.8 Å². The van der Waals surface area contributed by atoms with E-state index in [9.17, 15) is 0 Å². The van der Waals surface area contributed by atoms with Gasteiger partial charge in [-0.15, -0.1) is 0 Å². The molecule has 0 radical (unpaired) electrons. The SMILES string of the molecule is CCCCC(CCC)Nc1cc(Cl)nc(SC)n1. The minimum absolute atomic E-state index is 0.482. The van der Waals surface area contributed by atoms with Crippen molar-refractivity contribution >= 4 is 29.2 Å². The van der Waals surface area contributed by atoms with Crippen LogP contribution in [0.5, 0.6) is 0 Å². The Morgan fingerprint density at radius 2 is 2.06 bits per heavy atom. The fourth-order valence-corrected chi connectivity index (χ4v) is 2.47. The summed E-state index contributed by atoms with van der Waals surface area (Å²) in [6.07, 6.45) is 7.94. The number of hydrogen-bond acceptors (Lipinski definition) is 4. The molecule has 0 aliphatic carbocycles. The highest BCUT2D eigenvalue weighted by atomic mass is 35.5. The zero-order valence-electron chi connectivity index (χ0n) is 11.4. The van der Waals surface area contributed by atoms with Crippen molar-refractivity contribution in [2.45, 2.75) is 57.1 Å². The van der Waals surface area contributed by atoms with Crippen molar-refractivity contribution in [1.29, 1.82) is 0 Å². The van der Waals surface area contributed by atoms with Crippen molar-refractivity contribution in [3.05, 3.63) is 11.2 Å². The van der Waals surface area contributed by atoms with Gasteiger partial charge in [0.05, 0.1) is 0 Å². The van der Waals surface area contributed by atoms with E-state index < -0.39 is 0 Å². The molecule has 0 aromatic carbocycles. The zero-order valence-corrected chi connectivity index (χ0v) is 12.9. The summed E-state index contributed by atoms with van der Waals surface area (Å²) in [5, 5.41) is 4.70. The lowest BCUT2D eigenvalue weighted by Gasteiger charge is -2.18. The fourth-order valence-electron chi connectivity index (χ4n) is 1.86. The number of halogens is 1. The highest BCUT2D eigenvalue weighted by molar-refractivity contribution is 7.98. The molecule has 1 heterocycles. The number of thioether (sulfide) groups is 1. The monoisotopic (exact) mass is 287 g/mol. The lowest BCUT2D eigenvalue weighted by Crippen LogP contribution is -2.20. The van der Waals surface area contributed by atoms with Crippen molar-refractivity contribution < 1.29 is 0 Å². The number of rotatable bonds is 8. The van der Waals surface area contributed by atoms with Crippen LogP contribution < -0.4 is 5.32 Å². The Balaban J connectivity index is 2.69. The minimum atomic E-state index is 0.482. The molecular weight excluding hydrogens is 266 g/mol. The summed E-state index contributed by atoms with van der Waals surface area (Å²) in [5.41, 5.74) is 0. The van der Waals surface area contributed by atoms with Crippen molar-refractivity contribution in [2.75, 3.05) is 11.6 Å². The minimum Gasteiger partial charge on any atom is -0.367 e. The van der Waals surface area contributed by atoms with Gasteiger partial charge in [0.25, 0.3) is 0 Å². The molecule has 5 heteroatoms. The molecule has 1 rings (SSSR count). The number of nitrogens with one attached hydrogen (secondary N) is 1. The van der Waals surface area contributed by atoms with Crippen molar-refractivity contribution in [1.82, 2.24) is 9.97 Å². The second-order valence-electron chi connectivity index (χ2n) is 4.33. The van der Waals surface area contributed by atoms with Crippen LogP contribution in [-0.4, -0.2) is 22.3 Å². The molecule has 1 N–H and O–H groups in total. The normalized spacial score (nSPS) is 12.4. The number of unbranched alkanes of at least 4 members (excludes halogenated alkanes) is 1. The van der Waals surface area contributed by atoms with Gasteiger partial charge in [0.2, 0.25) is 0 Å². The number of anilines is 1. The largest absolute Gasteiger partial charge is 0.367 e. The fraction of sp³-hybridized carbons (Fsp3) is 0.692. The molecular formula is C13H22ClN3S. The van der Waals surface area contributed by atoms with Crippen molar-refractivity contribution in [3.63, 3.8) is 0 Å². The maximum absolute atomic E-state index is 5.99. The maximum atomic E-state index is 5.99. The first-order valence-corrected chi connectivity index (χ1v) is 8.15. The number of nitrogens with zero attached hydrogens (tertiary/aromatic N) is 2. The molecule has 0 amide bonds. The maximum Gasteiger partial charge on any atom is 0.190 e. The van der Waals surface area contributed by atoms with Crippen LogP contribution in [0.25, 0.3) is 0 Å². The second-order valence-corrected chi connectivity index (χ2v) is 5.50. The summed E-state index contributed by atoms with van der Waals surface area (Å²) in [6.45, 7) is 4.43. The summed E-state index contributed by atoms with van der Waals surface area (Å²) in [6, 6.07) is 2.28. The van der Waals surface area contributed by atoms with E-state index in [0.717, 1.165) is 17.4 Å². The lowest BCUT2D eigenvalue weighted by molar-refractivity contribution is 0.562. The molecule has 0 aliphatic heterocycles. The van der Waals surface area contributed by atoms with Gasteiger partial charge in [-0.2, -0.15) is 0 Å². The Bertz CT molecular complexity index is 360. The smallest absolute Gasteiger partial charge is 0.190 e. The van der Waals surface area contributed by atoms with E-state index in [1.165, 1.54) is 37.4 Å². The van der Waals surface area contributed by atoms with Crippen LogP contribution >= 0.6 is 23.4 Å². The van der Waals surface area contributed by atoms with Gasteiger partial charge in [-0.25, -0.2) is 9.97 Å². The Morgan fingerprint density at radius 1 is 1.28 bits per heavy atom. The Morgan fingerprint density at radius 3 is 2.67 bits per heavy atom. The van der Waals surface area contributed by atoms with Gasteiger partial charge >= 0.3 is 0 Å². The molecule has 18 heavy (non-hydrogen) atoms. The van der Waals surface area contributed by atoms with E-state index in [1.54, 1.807) is 6.07 Å². The van der Waals surface area contributed by atoms with Crippen LogP contribution in [-0.2, 0) is 0 Å². The van der Waals surface area contributed by atoms with E-state index >= 15 is 0 Å². The summed E-state index contributed by atoms with van der Waals surface area (Å²) in [7, 11) is 0. The molecule has 0 aliphatic rings. The summed E-state index contributed by atoms with van der Waals surface area (Å²) >= 11 is 7.50. The molecule has 1 aromatic rings. The third kappa shape index (κ3) is 5.44. The van der Waals surface area contributed by atoms with E-state index in [4.69, 9.17) is 11.6 Å². The zero-order chi connectivity index (χ0) is 13.4. The van der Waals surface area contributed by atoms with Gasteiger partial charge < -0.3 is 5.32 Å². The Labute approximate surface area is 119 Å². The van der Waals surface area contributed by atoms with Gasteiger partial charge in [0.15, 0.2) is 5.16 Å². The number of aromatic nitrogens is 2. The van der Waals surface area contributed by atoms with Gasteiger partial charge in [0.1, 0.15) is 11.0 Å². The molecule has 0 saturated carbocycles.